The van der Waals surface area contributed by atoms with E-state index in [4.69, 9.17) is 0 Å². The first-order valence-corrected chi connectivity index (χ1v) is 17.9. The second-order valence-corrected chi connectivity index (χ2v) is 14.0. The molecular formula is C48H31NS. The molecule has 0 unspecified atom stereocenters. The summed E-state index contributed by atoms with van der Waals surface area (Å²) in [6.07, 6.45) is 0. The Morgan fingerprint density at radius 3 is 1.76 bits per heavy atom. The number of thiophene rings is 1. The molecule has 0 aliphatic heterocycles. The summed E-state index contributed by atoms with van der Waals surface area (Å²) in [5.41, 5.74) is 8.24. The number of rotatable bonds is 5. The lowest BCUT2D eigenvalue weighted by molar-refractivity contribution is 1.29. The lowest BCUT2D eigenvalue weighted by Gasteiger charge is -2.28. The van der Waals surface area contributed by atoms with Crippen molar-refractivity contribution in [3.05, 3.63) is 188 Å². The van der Waals surface area contributed by atoms with E-state index in [2.05, 4.69) is 193 Å². The molecule has 0 aliphatic carbocycles. The highest BCUT2D eigenvalue weighted by Gasteiger charge is 2.19. The highest BCUT2D eigenvalue weighted by Crippen LogP contribution is 2.45. The van der Waals surface area contributed by atoms with Gasteiger partial charge in [-0.25, -0.2) is 0 Å². The number of nitrogens with zero attached hydrogens (tertiary/aromatic N) is 1. The van der Waals surface area contributed by atoms with Gasteiger partial charge in [-0.2, -0.15) is 0 Å². The predicted molar refractivity (Wildman–Crippen MR) is 217 cm³/mol. The Hall–Kier alpha value is -6.22. The largest absolute Gasteiger partial charge is 0.310 e. The molecular weight excluding hydrogens is 623 g/mol. The third-order valence-corrected chi connectivity index (χ3v) is 11.1. The van der Waals surface area contributed by atoms with Crippen LogP contribution in [0.3, 0.4) is 0 Å². The van der Waals surface area contributed by atoms with Gasteiger partial charge in [-0.1, -0.05) is 133 Å². The Morgan fingerprint density at radius 1 is 0.320 bits per heavy atom. The van der Waals surface area contributed by atoms with Crippen LogP contribution in [0.4, 0.5) is 17.1 Å². The van der Waals surface area contributed by atoms with Gasteiger partial charge in [0, 0.05) is 37.1 Å². The van der Waals surface area contributed by atoms with Gasteiger partial charge in [0.25, 0.3) is 0 Å². The fraction of sp³-hybridized carbons (Fsp3) is 0. The first-order valence-electron chi connectivity index (χ1n) is 17.1. The topological polar surface area (TPSA) is 3.24 Å². The Labute approximate surface area is 294 Å². The summed E-state index contributed by atoms with van der Waals surface area (Å²) in [6.45, 7) is 0. The summed E-state index contributed by atoms with van der Waals surface area (Å²) in [4.78, 5) is 2.43. The van der Waals surface area contributed by atoms with Crippen LogP contribution in [0.1, 0.15) is 0 Å². The van der Waals surface area contributed by atoms with Crippen LogP contribution in [-0.4, -0.2) is 0 Å². The number of para-hydroxylation sites is 1. The van der Waals surface area contributed by atoms with E-state index in [9.17, 15) is 0 Å². The van der Waals surface area contributed by atoms with Crippen LogP contribution in [0, 0.1) is 0 Å². The van der Waals surface area contributed by atoms with Crippen LogP contribution in [-0.2, 0) is 0 Å². The summed E-state index contributed by atoms with van der Waals surface area (Å²) >= 11 is 1.87. The SMILES string of the molecule is c1ccc(N(c2ccc(-c3cccc4ccccc34)cc2)c2ccc3sc4cc5ccccc5cc4c3c2)c(-c2ccc3ccccc3c2)c1. The predicted octanol–water partition coefficient (Wildman–Crippen LogP) is 14.3. The van der Waals surface area contributed by atoms with Crippen LogP contribution >= 0.6 is 11.3 Å². The van der Waals surface area contributed by atoms with Gasteiger partial charge in [0.2, 0.25) is 0 Å². The van der Waals surface area contributed by atoms with E-state index >= 15 is 0 Å². The van der Waals surface area contributed by atoms with Crippen molar-refractivity contribution >= 4 is 80.9 Å². The fourth-order valence-electron chi connectivity index (χ4n) is 7.55. The molecule has 0 fully saturated rings. The maximum atomic E-state index is 2.43. The number of anilines is 3. The molecule has 1 heterocycles. The molecule has 10 rings (SSSR count). The monoisotopic (exact) mass is 653 g/mol. The van der Waals surface area contributed by atoms with Gasteiger partial charge < -0.3 is 4.90 Å². The maximum Gasteiger partial charge on any atom is 0.0540 e. The zero-order chi connectivity index (χ0) is 33.0. The van der Waals surface area contributed by atoms with E-state index < -0.39 is 0 Å². The van der Waals surface area contributed by atoms with Gasteiger partial charge in [-0.05, 0) is 104 Å². The summed E-state index contributed by atoms with van der Waals surface area (Å²) in [5, 5.41) is 10.2. The molecule has 0 saturated carbocycles. The number of hydrogen-bond donors (Lipinski definition) is 0. The molecule has 10 aromatic rings. The normalized spacial score (nSPS) is 11.6. The molecule has 0 N–H and O–H groups in total. The van der Waals surface area contributed by atoms with Gasteiger partial charge in [0.1, 0.15) is 0 Å². The van der Waals surface area contributed by atoms with Crippen LogP contribution < -0.4 is 4.90 Å². The van der Waals surface area contributed by atoms with E-state index in [0.29, 0.717) is 0 Å². The molecule has 9 aromatic carbocycles. The van der Waals surface area contributed by atoms with Crippen LogP contribution in [0.25, 0.3) is 74.7 Å². The van der Waals surface area contributed by atoms with Crippen LogP contribution in [0.2, 0.25) is 0 Å². The molecule has 2 heteroatoms. The van der Waals surface area contributed by atoms with Crippen molar-refractivity contribution < 1.29 is 0 Å². The minimum atomic E-state index is 1.12. The second kappa shape index (κ2) is 11.7. The molecule has 0 saturated heterocycles. The number of fused-ring (bicyclic) bond motifs is 6. The first kappa shape index (κ1) is 28.8. The molecule has 234 valence electrons. The van der Waals surface area contributed by atoms with Gasteiger partial charge in [0.15, 0.2) is 0 Å². The minimum Gasteiger partial charge on any atom is -0.310 e. The standard InChI is InChI=1S/C48H31NS/c1-2-12-35-28-38(21-20-32(35)10-1)43-17-7-8-19-46(43)49(39-24-22-34(23-25-39)42-18-9-15-33-11-5-6-16-41(33)42)40-26-27-47-45(31-40)44-29-36-13-3-4-14-37(36)30-48(44)50-47/h1-31H. The zero-order valence-electron chi connectivity index (χ0n) is 27.3. The molecule has 1 aromatic heterocycles. The first-order chi connectivity index (χ1) is 24.8. The maximum absolute atomic E-state index is 2.43. The number of hydrogen-bond acceptors (Lipinski definition) is 2. The summed E-state index contributed by atoms with van der Waals surface area (Å²) in [7, 11) is 0. The van der Waals surface area contributed by atoms with Crippen molar-refractivity contribution in [3.63, 3.8) is 0 Å². The smallest absolute Gasteiger partial charge is 0.0540 e. The molecule has 0 bridgehead atoms. The molecule has 0 amide bonds. The Balaban J connectivity index is 1.17. The third-order valence-electron chi connectivity index (χ3n) is 10.0. The van der Waals surface area contributed by atoms with E-state index in [1.54, 1.807) is 0 Å². The lowest BCUT2D eigenvalue weighted by Crippen LogP contribution is -2.11. The van der Waals surface area contributed by atoms with Crippen LogP contribution in [0.15, 0.2) is 188 Å². The molecule has 50 heavy (non-hydrogen) atoms. The highest BCUT2D eigenvalue weighted by molar-refractivity contribution is 7.25. The van der Waals surface area contributed by atoms with E-state index in [1.807, 2.05) is 11.3 Å². The van der Waals surface area contributed by atoms with Gasteiger partial charge in [-0.3, -0.25) is 0 Å². The van der Waals surface area contributed by atoms with Crippen LogP contribution in [0.5, 0.6) is 0 Å². The summed E-state index contributed by atoms with van der Waals surface area (Å²) < 4.78 is 2.62. The van der Waals surface area contributed by atoms with E-state index in [0.717, 1.165) is 17.1 Å². The van der Waals surface area contributed by atoms with Gasteiger partial charge in [-0.15, -0.1) is 11.3 Å². The Kier molecular flexibility index (Phi) is 6.75. The lowest BCUT2D eigenvalue weighted by atomic mass is 9.97. The van der Waals surface area contributed by atoms with Crippen molar-refractivity contribution in [3.8, 4) is 22.3 Å². The Morgan fingerprint density at radius 2 is 0.920 bits per heavy atom. The fourth-order valence-corrected chi connectivity index (χ4v) is 8.67. The number of benzene rings is 9. The average Bonchev–Trinajstić information content (AvgIpc) is 3.54. The van der Waals surface area contributed by atoms with E-state index in [-0.39, 0.29) is 0 Å². The minimum absolute atomic E-state index is 1.12. The van der Waals surface area contributed by atoms with E-state index in [1.165, 1.54) is 74.7 Å². The summed E-state index contributed by atoms with van der Waals surface area (Å²) in [6, 6.07) is 68.9. The average molecular weight is 654 g/mol. The van der Waals surface area contributed by atoms with Crippen molar-refractivity contribution in [2.75, 3.05) is 4.90 Å². The van der Waals surface area contributed by atoms with Crippen molar-refractivity contribution in [2.24, 2.45) is 0 Å². The van der Waals surface area contributed by atoms with Crippen molar-refractivity contribution in [1.29, 1.82) is 0 Å². The molecule has 1 nitrogen and oxygen atoms in total. The zero-order valence-corrected chi connectivity index (χ0v) is 28.1. The van der Waals surface area contributed by atoms with Crippen molar-refractivity contribution in [2.45, 2.75) is 0 Å². The van der Waals surface area contributed by atoms with Gasteiger partial charge in [0.05, 0.1) is 5.69 Å². The van der Waals surface area contributed by atoms with Crippen molar-refractivity contribution in [1.82, 2.24) is 0 Å². The third kappa shape index (κ3) is 4.84. The Bertz CT molecular complexity index is 2870. The summed E-state index contributed by atoms with van der Waals surface area (Å²) in [5.74, 6) is 0. The highest BCUT2D eigenvalue weighted by atomic mass is 32.1. The molecule has 0 radical (unpaired) electrons. The second-order valence-electron chi connectivity index (χ2n) is 13.0. The van der Waals surface area contributed by atoms with Gasteiger partial charge >= 0.3 is 0 Å². The molecule has 0 aliphatic rings. The quantitative estimate of drug-likeness (QED) is 0.179. The molecule has 0 atom stereocenters. The molecule has 0 spiro atoms.